The molecule has 1 aromatic rings. The van der Waals surface area contributed by atoms with Gasteiger partial charge in [0.05, 0.1) is 6.61 Å². The third-order valence-corrected chi connectivity index (χ3v) is 3.66. The second-order valence-corrected chi connectivity index (χ2v) is 5.50. The van der Waals surface area contributed by atoms with E-state index < -0.39 is 0 Å². The van der Waals surface area contributed by atoms with Crippen molar-refractivity contribution in [3.05, 3.63) is 11.9 Å². The van der Waals surface area contributed by atoms with Crippen LogP contribution in [-0.4, -0.2) is 47.7 Å². The minimum atomic E-state index is 0.673. The third-order valence-electron chi connectivity index (χ3n) is 3.66. The van der Waals surface area contributed by atoms with Gasteiger partial charge in [0.15, 0.2) is 0 Å². The normalized spacial score (nSPS) is 11.0. The van der Waals surface area contributed by atoms with Crippen LogP contribution in [0.1, 0.15) is 52.3 Å². The molecule has 0 bridgehead atoms. The first kappa shape index (κ1) is 18.7. The molecule has 0 spiro atoms. The maximum absolute atomic E-state index is 5.66. The molecule has 0 unspecified atom stereocenters. The van der Waals surface area contributed by atoms with E-state index in [1.165, 1.54) is 13.0 Å². The minimum Gasteiger partial charge on any atom is -0.478 e. The van der Waals surface area contributed by atoms with Crippen LogP contribution < -0.4 is 10.1 Å². The Hall–Kier alpha value is -1.36. The van der Waals surface area contributed by atoms with Crippen molar-refractivity contribution in [3.63, 3.8) is 0 Å². The van der Waals surface area contributed by atoms with Gasteiger partial charge in [-0.05, 0) is 45.8 Å². The quantitative estimate of drug-likeness (QED) is 0.599. The van der Waals surface area contributed by atoms with Crippen LogP contribution in [0.4, 0.5) is 5.82 Å². The maximum atomic E-state index is 5.66. The summed E-state index contributed by atoms with van der Waals surface area (Å²) in [6.45, 7) is 13.6. The van der Waals surface area contributed by atoms with Crippen molar-refractivity contribution in [2.75, 3.05) is 38.1 Å². The Labute approximate surface area is 135 Å². The van der Waals surface area contributed by atoms with Crippen molar-refractivity contribution in [2.45, 2.75) is 53.4 Å². The molecule has 0 aliphatic heterocycles. The van der Waals surface area contributed by atoms with Crippen molar-refractivity contribution in [1.82, 2.24) is 14.9 Å². The highest BCUT2D eigenvalue weighted by Gasteiger charge is 2.03. The molecule has 0 saturated heterocycles. The van der Waals surface area contributed by atoms with Crippen LogP contribution in [0.25, 0.3) is 0 Å². The molecule has 0 atom stereocenters. The monoisotopic (exact) mass is 308 g/mol. The summed E-state index contributed by atoms with van der Waals surface area (Å²) >= 11 is 0. The number of hydrogen-bond donors (Lipinski definition) is 1. The van der Waals surface area contributed by atoms with Crippen LogP contribution in [0.3, 0.4) is 0 Å². The molecular weight excluding hydrogens is 276 g/mol. The fourth-order valence-electron chi connectivity index (χ4n) is 2.24. The molecule has 0 aliphatic carbocycles. The van der Waals surface area contributed by atoms with E-state index in [-0.39, 0.29) is 0 Å². The standard InChI is InChI=1S/C17H32N4O/c1-5-8-13-22-17-14-16(19-15(4)20-17)18-11-9-10-12-21(6-2)7-3/h14H,5-13H2,1-4H3,(H,18,19,20). The molecular formula is C17H32N4O. The van der Waals surface area contributed by atoms with E-state index in [1.54, 1.807) is 0 Å². The SMILES string of the molecule is CCCCOc1cc(NCCCCN(CC)CC)nc(C)n1. The maximum Gasteiger partial charge on any atom is 0.218 e. The summed E-state index contributed by atoms with van der Waals surface area (Å²) in [5.74, 6) is 2.29. The predicted molar refractivity (Wildman–Crippen MR) is 92.7 cm³/mol. The van der Waals surface area contributed by atoms with Crippen LogP contribution in [-0.2, 0) is 0 Å². The van der Waals surface area contributed by atoms with Gasteiger partial charge < -0.3 is 15.0 Å². The molecule has 22 heavy (non-hydrogen) atoms. The van der Waals surface area contributed by atoms with E-state index >= 15 is 0 Å². The number of aryl methyl sites for hydroxylation is 1. The average Bonchev–Trinajstić information content (AvgIpc) is 2.51. The van der Waals surface area contributed by atoms with Gasteiger partial charge in [-0.1, -0.05) is 27.2 Å². The smallest absolute Gasteiger partial charge is 0.218 e. The molecule has 0 amide bonds. The Balaban J connectivity index is 2.32. The van der Waals surface area contributed by atoms with Crippen molar-refractivity contribution in [3.8, 4) is 5.88 Å². The first-order chi connectivity index (χ1) is 10.7. The topological polar surface area (TPSA) is 50.3 Å². The molecule has 0 saturated carbocycles. The summed E-state index contributed by atoms with van der Waals surface area (Å²) in [7, 11) is 0. The number of nitrogens with zero attached hydrogens (tertiary/aromatic N) is 3. The lowest BCUT2D eigenvalue weighted by atomic mass is 10.3. The highest BCUT2D eigenvalue weighted by Crippen LogP contribution is 2.14. The summed E-state index contributed by atoms with van der Waals surface area (Å²) in [5, 5.41) is 3.38. The zero-order valence-electron chi connectivity index (χ0n) is 14.7. The van der Waals surface area contributed by atoms with E-state index in [0.717, 1.165) is 57.1 Å². The number of nitrogens with one attached hydrogen (secondary N) is 1. The molecule has 1 aromatic heterocycles. The molecule has 126 valence electrons. The first-order valence-corrected chi connectivity index (χ1v) is 8.64. The van der Waals surface area contributed by atoms with Crippen molar-refractivity contribution in [2.24, 2.45) is 0 Å². The predicted octanol–water partition coefficient (Wildman–Crippen LogP) is 3.50. The third kappa shape index (κ3) is 7.59. The zero-order chi connectivity index (χ0) is 16.2. The van der Waals surface area contributed by atoms with Gasteiger partial charge in [0.2, 0.25) is 5.88 Å². The minimum absolute atomic E-state index is 0.673. The Kier molecular flexibility index (Phi) is 9.55. The van der Waals surface area contributed by atoms with Crippen molar-refractivity contribution < 1.29 is 4.74 Å². The van der Waals surface area contributed by atoms with Crippen LogP contribution in [0.15, 0.2) is 6.07 Å². The number of aromatic nitrogens is 2. The summed E-state index contributed by atoms with van der Waals surface area (Å²) in [4.78, 5) is 11.2. The van der Waals surface area contributed by atoms with E-state index in [1.807, 2.05) is 13.0 Å². The van der Waals surface area contributed by atoms with E-state index in [2.05, 4.69) is 41.0 Å². The number of unbranched alkanes of at least 4 members (excludes halogenated alkanes) is 2. The van der Waals surface area contributed by atoms with E-state index in [9.17, 15) is 0 Å². The highest BCUT2D eigenvalue weighted by atomic mass is 16.5. The summed E-state index contributed by atoms with van der Waals surface area (Å²) < 4.78 is 5.66. The Morgan fingerprint density at radius 1 is 1.09 bits per heavy atom. The van der Waals surface area contributed by atoms with E-state index in [4.69, 9.17) is 4.74 Å². The lowest BCUT2D eigenvalue weighted by Gasteiger charge is -2.17. The van der Waals surface area contributed by atoms with Gasteiger partial charge in [-0.15, -0.1) is 0 Å². The molecule has 0 radical (unpaired) electrons. The second-order valence-electron chi connectivity index (χ2n) is 5.50. The molecule has 1 N–H and O–H groups in total. The molecule has 5 heteroatoms. The zero-order valence-corrected chi connectivity index (χ0v) is 14.7. The molecule has 1 heterocycles. The van der Waals surface area contributed by atoms with Crippen LogP contribution >= 0.6 is 0 Å². The Morgan fingerprint density at radius 2 is 1.86 bits per heavy atom. The second kappa shape index (κ2) is 11.2. The van der Waals surface area contributed by atoms with Gasteiger partial charge >= 0.3 is 0 Å². The van der Waals surface area contributed by atoms with Gasteiger partial charge in [-0.3, -0.25) is 0 Å². The Bertz CT molecular complexity index is 408. The van der Waals surface area contributed by atoms with Gasteiger partial charge in [0.25, 0.3) is 0 Å². The van der Waals surface area contributed by atoms with Gasteiger partial charge in [-0.25, -0.2) is 4.98 Å². The van der Waals surface area contributed by atoms with Crippen LogP contribution in [0.2, 0.25) is 0 Å². The van der Waals surface area contributed by atoms with E-state index in [0.29, 0.717) is 5.88 Å². The van der Waals surface area contributed by atoms with Gasteiger partial charge in [0, 0.05) is 12.6 Å². The molecule has 1 rings (SSSR count). The van der Waals surface area contributed by atoms with Crippen molar-refractivity contribution >= 4 is 5.82 Å². The highest BCUT2D eigenvalue weighted by molar-refractivity contribution is 5.38. The Morgan fingerprint density at radius 3 is 2.55 bits per heavy atom. The first-order valence-electron chi connectivity index (χ1n) is 8.64. The van der Waals surface area contributed by atoms with Gasteiger partial charge in [0.1, 0.15) is 11.6 Å². The summed E-state index contributed by atoms with van der Waals surface area (Å²) in [6, 6.07) is 1.90. The summed E-state index contributed by atoms with van der Waals surface area (Å²) in [5.41, 5.74) is 0. The molecule has 0 aromatic carbocycles. The number of anilines is 1. The average molecular weight is 308 g/mol. The van der Waals surface area contributed by atoms with Gasteiger partial charge in [-0.2, -0.15) is 4.98 Å². The van der Waals surface area contributed by atoms with Crippen molar-refractivity contribution in [1.29, 1.82) is 0 Å². The number of ether oxygens (including phenoxy) is 1. The fourth-order valence-corrected chi connectivity index (χ4v) is 2.24. The summed E-state index contributed by atoms with van der Waals surface area (Å²) in [6.07, 6.45) is 4.53. The fraction of sp³-hybridized carbons (Fsp3) is 0.765. The largest absolute Gasteiger partial charge is 0.478 e. The molecule has 5 nitrogen and oxygen atoms in total. The van der Waals surface area contributed by atoms with Crippen LogP contribution in [0, 0.1) is 6.92 Å². The number of hydrogen-bond acceptors (Lipinski definition) is 5. The lowest BCUT2D eigenvalue weighted by Crippen LogP contribution is -2.24. The number of rotatable bonds is 12. The molecule has 0 fully saturated rings. The molecule has 0 aliphatic rings. The lowest BCUT2D eigenvalue weighted by molar-refractivity contribution is 0.296. The van der Waals surface area contributed by atoms with Crippen LogP contribution in [0.5, 0.6) is 5.88 Å².